The summed E-state index contributed by atoms with van der Waals surface area (Å²) in [5, 5.41) is 0. The molecule has 0 bridgehead atoms. The maximum absolute atomic E-state index is 11.1. The number of amides is 1. The number of nitrogens with two attached hydrogens (primary N) is 1. The standard InChI is InChI=1S/C10H15N4O/c1-13-5-2-8(3-6-13)14-7-4-12-10(14)9(11)15/h7-8H,2-3,5-6H2,1H3,(H2,11,15). The molecule has 0 atom stereocenters. The van der Waals surface area contributed by atoms with Crippen molar-refractivity contribution in [3.63, 3.8) is 0 Å². The van der Waals surface area contributed by atoms with Gasteiger partial charge in [0.2, 0.25) is 0 Å². The summed E-state index contributed by atoms with van der Waals surface area (Å²) in [4.78, 5) is 17.2. The summed E-state index contributed by atoms with van der Waals surface area (Å²) < 4.78 is 1.86. The van der Waals surface area contributed by atoms with Gasteiger partial charge in [0.1, 0.15) is 6.20 Å². The third-order valence-corrected chi connectivity index (χ3v) is 2.91. The number of carbonyl (C=O) groups is 1. The molecule has 1 aliphatic rings. The fourth-order valence-corrected chi connectivity index (χ4v) is 2.00. The van der Waals surface area contributed by atoms with Crippen molar-refractivity contribution >= 4 is 5.91 Å². The minimum Gasteiger partial charge on any atom is -0.363 e. The van der Waals surface area contributed by atoms with Crippen molar-refractivity contribution < 1.29 is 4.79 Å². The Hall–Kier alpha value is -1.36. The highest BCUT2D eigenvalue weighted by molar-refractivity contribution is 5.89. The Morgan fingerprint density at radius 2 is 2.27 bits per heavy atom. The summed E-state index contributed by atoms with van der Waals surface area (Å²) in [5.74, 6) is -0.153. The maximum Gasteiger partial charge on any atom is 0.284 e. The molecule has 0 spiro atoms. The third-order valence-electron chi connectivity index (χ3n) is 2.91. The van der Waals surface area contributed by atoms with Crippen LogP contribution in [0.4, 0.5) is 0 Å². The first-order chi connectivity index (χ1) is 7.18. The van der Waals surface area contributed by atoms with E-state index in [9.17, 15) is 4.79 Å². The smallest absolute Gasteiger partial charge is 0.284 e. The lowest BCUT2D eigenvalue weighted by atomic mass is 10.1. The Morgan fingerprint density at radius 3 is 2.87 bits per heavy atom. The van der Waals surface area contributed by atoms with Gasteiger partial charge < -0.3 is 15.2 Å². The molecule has 5 heteroatoms. The normalized spacial score (nSPS) is 19.3. The first-order valence-corrected chi connectivity index (χ1v) is 5.11. The second-order valence-corrected chi connectivity index (χ2v) is 4.00. The zero-order valence-corrected chi connectivity index (χ0v) is 8.81. The van der Waals surface area contributed by atoms with Gasteiger partial charge in [-0.15, -0.1) is 0 Å². The summed E-state index contributed by atoms with van der Waals surface area (Å²) in [6.07, 6.45) is 6.46. The number of piperidine rings is 1. The van der Waals surface area contributed by atoms with E-state index >= 15 is 0 Å². The van der Waals surface area contributed by atoms with E-state index in [2.05, 4.69) is 23.1 Å². The van der Waals surface area contributed by atoms with Crippen molar-refractivity contribution in [3.8, 4) is 0 Å². The van der Waals surface area contributed by atoms with Crippen molar-refractivity contribution in [2.24, 2.45) is 5.73 Å². The fourth-order valence-electron chi connectivity index (χ4n) is 2.00. The molecule has 1 saturated heterocycles. The highest BCUT2D eigenvalue weighted by Crippen LogP contribution is 2.22. The van der Waals surface area contributed by atoms with Crippen molar-refractivity contribution in [1.29, 1.82) is 0 Å². The average Bonchev–Trinajstić information content (AvgIpc) is 2.67. The van der Waals surface area contributed by atoms with Gasteiger partial charge in [0.05, 0.1) is 0 Å². The van der Waals surface area contributed by atoms with Crippen molar-refractivity contribution in [3.05, 3.63) is 18.2 Å². The van der Waals surface area contributed by atoms with Gasteiger partial charge in [-0.25, -0.2) is 4.98 Å². The monoisotopic (exact) mass is 207 g/mol. The van der Waals surface area contributed by atoms with Gasteiger partial charge in [0, 0.05) is 12.2 Å². The lowest BCUT2D eigenvalue weighted by Crippen LogP contribution is -2.33. The van der Waals surface area contributed by atoms with Gasteiger partial charge in [-0.05, 0) is 33.0 Å². The molecule has 1 aromatic rings. The first-order valence-electron chi connectivity index (χ1n) is 5.11. The van der Waals surface area contributed by atoms with Crippen LogP contribution in [0.1, 0.15) is 29.5 Å². The highest BCUT2D eigenvalue weighted by atomic mass is 16.1. The van der Waals surface area contributed by atoms with Gasteiger partial charge in [0.25, 0.3) is 5.91 Å². The lowest BCUT2D eigenvalue weighted by molar-refractivity contribution is 0.0980. The second-order valence-electron chi connectivity index (χ2n) is 4.00. The number of hydrogen-bond acceptors (Lipinski definition) is 3. The Bertz CT molecular complexity index is 352. The third kappa shape index (κ3) is 2.02. The average molecular weight is 207 g/mol. The van der Waals surface area contributed by atoms with Crippen LogP contribution in [-0.2, 0) is 0 Å². The van der Waals surface area contributed by atoms with Gasteiger partial charge in [-0.1, -0.05) is 0 Å². The van der Waals surface area contributed by atoms with E-state index in [0.717, 1.165) is 25.9 Å². The van der Waals surface area contributed by atoms with Crippen LogP contribution in [-0.4, -0.2) is 40.5 Å². The number of nitrogens with zero attached hydrogens (tertiary/aromatic N) is 3. The Kier molecular flexibility index (Phi) is 2.73. The summed E-state index contributed by atoms with van der Waals surface area (Å²) >= 11 is 0. The molecule has 0 unspecified atom stereocenters. The number of likely N-dealkylation sites (tertiary alicyclic amines) is 1. The summed E-state index contributed by atoms with van der Waals surface area (Å²) in [7, 11) is 2.10. The Morgan fingerprint density at radius 1 is 1.60 bits per heavy atom. The van der Waals surface area contributed by atoms with E-state index in [1.807, 2.05) is 4.57 Å². The van der Waals surface area contributed by atoms with Crippen LogP contribution >= 0.6 is 0 Å². The summed E-state index contributed by atoms with van der Waals surface area (Å²) in [6.45, 7) is 2.09. The van der Waals surface area contributed by atoms with Gasteiger partial charge in [-0.3, -0.25) is 4.79 Å². The first kappa shape index (κ1) is 10.2. The van der Waals surface area contributed by atoms with E-state index in [-0.39, 0.29) is 0 Å². The molecule has 0 saturated carbocycles. The number of imidazole rings is 1. The lowest BCUT2D eigenvalue weighted by Gasteiger charge is -2.30. The molecule has 1 aromatic heterocycles. The molecular weight excluding hydrogens is 192 g/mol. The molecule has 2 heterocycles. The quantitative estimate of drug-likeness (QED) is 0.745. The van der Waals surface area contributed by atoms with E-state index in [0.29, 0.717) is 11.9 Å². The molecule has 1 amide bonds. The fraction of sp³-hybridized carbons (Fsp3) is 0.600. The molecule has 2 rings (SSSR count). The van der Waals surface area contributed by atoms with E-state index in [1.54, 1.807) is 6.20 Å². The minimum absolute atomic E-state index is 0.324. The number of primary amides is 1. The van der Waals surface area contributed by atoms with Crippen LogP contribution < -0.4 is 5.73 Å². The SMILES string of the molecule is CN1CCC(n2c[c]nc2C(N)=O)CC1. The van der Waals surface area contributed by atoms with Crippen molar-refractivity contribution in [1.82, 2.24) is 14.5 Å². The predicted molar refractivity (Wildman–Crippen MR) is 55.3 cm³/mol. The predicted octanol–water partition coefficient (Wildman–Crippen LogP) is 0.0489. The molecule has 0 aliphatic carbocycles. The number of rotatable bonds is 2. The van der Waals surface area contributed by atoms with Crippen LogP contribution in [0, 0.1) is 6.20 Å². The molecule has 81 valence electrons. The molecule has 1 aliphatic heterocycles. The van der Waals surface area contributed by atoms with Gasteiger partial charge >= 0.3 is 0 Å². The second kappa shape index (κ2) is 4.02. The van der Waals surface area contributed by atoms with Crippen LogP contribution in [0.3, 0.4) is 0 Å². The van der Waals surface area contributed by atoms with E-state index in [4.69, 9.17) is 5.73 Å². The van der Waals surface area contributed by atoms with Gasteiger partial charge in [0.15, 0.2) is 5.82 Å². The molecule has 2 N–H and O–H groups in total. The molecule has 1 radical (unpaired) electrons. The van der Waals surface area contributed by atoms with Crippen LogP contribution in [0.5, 0.6) is 0 Å². The van der Waals surface area contributed by atoms with Crippen LogP contribution in [0.15, 0.2) is 6.20 Å². The number of aromatic nitrogens is 2. The maximum atomic E-state index is 11.1. The largest absolute Gasteiger partial charge is 0.363 e. The molecular formula is C10H15N4O. The summed E-state index contributed by atoms with van der Waals surface area (Å²) in [6, 6.07) is 0.336. The summed E-state index contributed by atoms with van der Waals surface area (Å²) in [5.41, 5.74) is 5.24. The van der Waals surface area contributed by atoms with Crippen LogP contribution in [0.25, 0.3) is 0 Å². The van der Waals surface area contributed by atoms with Crippen LogP contribution in [0.2, 0.25) is 0 Å². The minimum atomic E-state index is -0.477. The Balaban J connectivity index is 2.15. The molecule has 5 nitrogen and oxygen atoms in total. The van der Waals surface area contributed by atoms with Gasteiger partial charge in [-0.2, -0.15) is 0 Å². The zero-order chi connectivity index (χ0) is 10.8. The van der Waals surface area contributed by atoms with E-state index in [1.165, 1.54) is 0 Å². The number of carbonyl (C=O) groups excluding carboxylic acids is 1. The zero-order valence-electron chi connectivity index (χ0n) is 8.81. The topological polar surface area (TPSA) is 64.2 Å². The molecule has 1 fully saturated rings. The van der Waals surface area contributed by atoms with Crippen molar-refractivity contribution in [2.45, 2.75) is 18.9 Å². The van der Waals surface area contributed by atoms with Crippen molar-refractivity contribution in [2.75, 3.05) is 20.1 Å². The number of hydrogen-bond donors (Lipinski definition) is 1. The Labute approximate surface area is 88.9 Å². The molecule has 0 aromatic carbocycles. The molecule has 15 heavy (non-hydrogen) atoms. The van der Waals surface area contributed by atoms with E-state index < -0.39 is 5.91 Å². The highest BCUT2D eigenvalue weighted by Gasteiger charge is 2.21.